The lowest BCUT2D eigenvalue weighted by atomic mass is 10.0. The van der Waals surface area contributed by atoms with Crippen LogP contribution >= 0.6 is 0 Å². The highest BCUT2D eigenvalue weighted by molar-refractivity contribution is 7.93. The standard InChI is InChI=1S/C12H15NO5S/c1-18-10-6-2-4-9-5-3-7-13(12(9)10)19(16,17)8-11(14)15/h2,4,6H,3,5,7-8H2,1H3,(H,14,15). The molecule has 6 nitrogen and oxygen atoms in total. The van der Waals surface area contributed by atoms with Crippen molar-refractivity contribution in [2.75, 3.05) is 23.7 Å². The SMILES string of the molecule is COc1cccc2c1N(S(=O)(=O)CC(=O)O)CCC2. The van der Waals surface area contributed by atoms with Crippen LogP contribution in [-0.4, -0.2) is 38.9 Å². The number of para-hydroxylation sites is 1. The Labute approximate surface area is 111 Å². The highest BCUT2D eigenvalue weighted by Crippen LogP contribution is 2.37. The van der Waals surface area contributed by atoms with E-state index in [2.05, 4.69) is 0 Å². The van der Waals surface area contributed by atoms with Crippen molar-refractivity contribution < 1.29 is 23.1 Å². The van der Waals surface area contributed by atoms with E-state index in [1.54, 1.807) is 12.1 Å². The minimum atomic E-state index is -3.87. The molecule has 104 valence electrons. The number of sulfonamides is 1. The van der Waals surface area contributed by atoms with Crippen molar-refractivity contribution >= 4 is 21.7 Å². The van der Waals surface area contributed by atoms with E-state index in [1.165, 1.54) is 7.11 Å². The lowest BCUT2D eigenvalue weighted by molar-refractivity contribution is -0.134. The topological polar surface area (TPSA) is 83.9 Å². The molecule has 0 bridgehead atoms. The quantitative estimate of drug-likeness (QED) is 0.887. The summed E-state index contributed by atoms with van der Waals surface area (Å²) in [5.41, 5.74) is 1.33. The first-order valence-electron chi connectivity index (χ1n) is 5.84. The maximum absolute atomic E-state index is 12.1. The molecule has 0 aliphatic carbocycles. The molecule has 1 N–H and O–H groups in total. The third kappa shape index (κ3) is 2.65. The molecule has 0 saturated heterocycles. The van der Waals surface area contributed by atoms with Crippen molar-refractivity contribution in [3.05, 3.63) is 23.8 Å². The average molecular weight is 285 g/mol. The Morgan fingerprint density at radius 1 is 1.47 bits per heavy atom. The van der Waals surface area contributed by atoms with Gasteiger partial charge < -0.3 is 9.84 Å². The van der Waals surface area contributed by atoms with Crippen molar-refractivity contribution in [1.29, 1.82) is 0 Å². The van der Waals surface area contributed by atoms with Gasteiger partial charge in [-0.1, -0.05) is 12.1 Å². The predicted molar refractivity (Wildman–Crippen MR) is 70.1 cm³/mol. The van der Waals surface area contributed by atoms with Gasteiger partial charge in [0, 0.05) is 6.54 Å². The molecule has 0 aromatic heterocycles. The fourth-order valence-corrected chi connectivity index (χ4v) is 3.61. The number of carboxylic acids is 1. The average Bonchev–Trinajstić information content (AvgIpc) is 2.35. The number of aryl methyl sites for hydroxylation is 1. The van der Waals surface area contributed by atoms with E-state index < -0.39 is 21.7 Å². The second kappa shape index (κ2) is 5.08. The number of carbonyl (C=O) groups is 1. The van der Waals surface area contributed by atoms with Crippen LogP contribution in [0.1, 0.15) is 12.0 Å². The van der Waals surface area contributed by atoms with Crippen LogP contribution in [0.25, 0.3) is 0 Å². The maximum Gasteiger partial charge on any atom is 0.320 e. The molecule has 1 heterocycles. The van der Waals surface area contributed by atoms with Crippen LogP contribution in [0.15, 0.2) is 18.2 Å². The number of ether oxygens (including phenoxy) is 1. The molecule has 0 spiro atoms. The zero-order chi connectivity index (χ0) is 14.0. The van der Waals surface area contributed by atoms with E-state index in [0.29, 0.717) is 17.9 Å². The predicted octanol–water partition coefficient (Wildman–Crippen LogP) is 0.862. The number of hydrogen-bond acceptors (Lipinski definition) is 4. The van der Waals surface area contributed by atoms with E-state index in [-0.39, 0.29) is 6.54 Å². The summed E-state index contributed by atoms with van der Waals surface area (Å²) in [7, 11) is -2.41. The van der Waals surface area contributed by atoms with Crippen LogP contribution < -0.4 is 9.04 Å². The van der Waals surface area contributed by atoms with Gasteiger partial charge >= 0.3 is 5.97 Å². The van der Waals surface area contributed by atoms with Crippen LogP contribution in [0.4, 0.5) is 5.69 Å². The van der Waals surface area contributed by atoms with Gasteiger partial charge in [0.2, 0.25) is 10.0 Å². The summed E-state index contributed by atoms with van der Waals surface area (Å²) in [4.78, 5) is 10.7. The largest absolute Gasteiger partial charge is 0.495 e. The first kappa shape index (κ1) is 13.7. The number of nitrogens with zero attached hydrogens (tertiary/aromatic N) is 1. The Morgan fingerprint density at radius 2 is 2.21 bits per heavy atom. The Hall–Kier alpha value is -1.76. The van der Waals surface area contributed by atoms with Crippen molar-refractivity contribution in [3.8, 4) is 5.75 Å². The summed E-state index contributed by atoms with van der Waals surface area (Å²) in [6.07, 6.45) is 1.42. The molecule has 1 aromatic carbocycles. The van der Waals surface area contributed by atoms with Gasteiger partial charge in [0.05, 0.1) is 12.8 Å². The lowest BCUT2D eigenvalue weighted by Crippen LogP contribution is -2.39. The molecule has 0 radical (unpaired) electrons. The highest BCUT2D eigenvalue weighted by atomic mass is 32.2. The van der Waals surface area contributed by atoms with E-state index in [9.17, 15) is 13.2 Å². The van der Waals surface area contributed by atoms with Gasteiger partial charge in [-0.05, 0) is 24.5 Å². The fourth-order valence-electron chi connectivity index (χ4n) is 2.25. The normalized spacial score (nSPS) is 14.9. The van der Waals surface area contributed by atoms with Crippen LogP contribution in [0.5, 0.6) is 5.75 Å². The molecule has 1 aliphatic rings. The van der Waals surface area contributed by atoms with Gasteiger partial charge in [-0.25, -0.2) is 8.42 Å². The summed E-state index contributed by atoms with van der Waals surface area (Å²) >= 11 is 0. The summed E-state index contributed by atoms with van der Waals surface area (Å²) < 4.78 is 30.6. The molecule has 1 aliphatic heterocycles. The molecule has 0 amide bonds. The van der Waals surface area contributed by atoms with Crippen molar-refractivity contribution in [3.63, 3.8) is 0 Å². The van der Waals surface area contributed by atoms with Crippen molar-refractivity contribution in [2.45, 2.75) is 12.8 Å². The molecule has 0 saturated carbocycles. The molecule has 0 fully saturated rings. The first-order chi connectivity index (χ1) is 8.95. The molecule has 2 rings (SSSR count). The minimum absolute atomic E-state index is 0.281. The van der Waals surface area contributed by atoms with Crippen molar-refractivity contribution in [2.24, 2.45) is 0 Å². The molecule has 0 unspecified atom stereocenters. The van der Waals surface area contributed by atoms with Gasteiger partial charge in [0.15, 0.2) is 5.75 Å². The van der Waals surface area contributed by atoms with Crippen LogP contribution in [0.3, 0.4) is 0 Å². The number of anilines is 1. The van der Waals surface area contributed by atoms with Crippen LogP contribution in [0, 0.1) is 0 Å². The molecule has 7 heteroatoms. The number of benzene rings is 1. The third-order valence-electron chi connectivity index (χ3n) is 3.00. The summed E-state index contributed by atoms with van der Waals surface area (Å²) in [5.74, 6) is -1.82. The Morgan fingerprint density at radius 3 is 2.84 bits per heavy atom. The molecule has 19 heavy (non-hydrogen) atoms. The fraction of sp³-hybridized carbons (Fsp3) is 0.417. The Balaban J connectivity index is 2.50. The smallest absolute Gasteiger partial charge is 0.320 e. The first-order valence-corrected chi connectivity index (χ1v) is 7.44. The van der Waals surface area contributed by atoms with Gasteiger partial charge in [0.25, 0.3) is 0 Å². The van der Waals surface area contributed by atoms with Crippen LogP contribution in [-0.2, 0) is 21.2 Å². The highest BCUT2D eigenvalue weighted by Gasteiger charge is 2.31. The number of methoxy groups -OCH3 is 1. The zero-order valence-corrected chi connectivity index (χ0v) is 11.3. The Kier molecular flexibility index (Phi) is 3.66. The summed E-state index contributed by atoms with van der Waals surface area (Å²) in [6, 6.07) is 5.30. The number of aliphatic carboxylic acids is 1. The van der Waals surface area contributed by atoms with Gasteiger partial charge in [0.1, 0.15) is 5.75 Å². The molecule has 1 aromatic rings. The third-order valence-corrected chi connectivity index (χ3v) is 4.65. The van der Waals surface area contributed by atoms with E-state index in [4.69, 9.17) is 9.84 Å². The van der Waals surface area contributed by atoms with Gasteiger partial charge in [-0.15, -0.1) is 0 Å². The zero-order valence-electron chi connectivity index (χ0n) is 10.5. The lowest BCUT2D eigenvalue weighted by Gasteiger charge is -2.31. The number of hydrogen-bond donors (Lipinski definition) is 1. The van der Waals surface area contributed by atoms with E-state index >= 15 is 0 Å². The van der Waals surface area contributed by atoms with Crippen molar-refractivity contribution in [1.82, 2.24) is 0 Å². The molecular formula is C12H15NO5S. The number of fused-ring (bicyclic) bond motifs is 1. The molecular weight excluding hydrogens is 270 g/mol. The number of rotatable bonds is 4. The second-order valence-corrected chi connectivity index (χ2v) is 6.19. The molecule has 0 atom stereocenters. The summed E-state index contributed by atoms with van der Waals surface area (Å²) in [5, 5.41) is 8.72. The van der Waals surface area contributed by atoms with Crippen LogP contribution in [0.2, 0.25) is 0 Å². The van der Waals surface area contributed by atoms with E-state index in [1.807, 2.05) is 6.07 Å². The maximum atomic E-state index is 12.1. The Bertz CT molecular complexity index is 582. The minimum Gasteiger partial charge on any atom is -0.495 e. The van der Waals surface area contributed by atoms with Gasteiger partial charge in [-0.3, -0.25) is 9.10 Å². The monoisotopic (exact) mass is 285 g/mol. The second-order valence-electron chi connectivity index (χ2n) is 4.29. The summed E-state index contributed by atoms with van der Waals surface area (Å²) in [6.45, 7) is 0.281. The van der Waals surface area contributed by atoms with Gasteiger partial charge in [-0.2, -0.15) is 0 Å². The van der Waals surface area contributed by atoms with E-state index in [0.717, 1.165) is 16.3 Å². The number of carboxylic acid groups (broad SMARTS) is 1.